The van der Waals surface area contributed by atoms with Gasteiger partial charge in [0.05, 0.1) is 5.39 Å². The SMILES string of the molecule is CC(C)(C)c1nc(NN)c2c3c(sc2n1)CCC3. The van der Waals surface area contributed by atoms with Gasteiger partial charge in [0, 0.05) is 10.3 Å². The molecule has 2 aromatic rings. The Balaban J connectivity index is 2.30. The number of rotatable bonds is 1. The largest absolute Gasteiger partial charge is 0.308 e. The number of aryl methyl sites for hydroxylation is 2. The number of hydrazine groups is 1. The first-order chi connectivity index (χ1) is 8.50. The molecule has 1 aliphatic rings. The third kappa shape index (κ3) is 1.69. The minimum absolute atomic E-state index is 0.0613. The second kappa shape index (κ2) is 3.90. The fourth-order valence-corrected chi connectivity index (χ4v) is 3.70. The number of aromatic nitrogens is 2. The van der Waals surface area contributed by atoms with Gasteiger partial charge in [0.1, 0.15) is 10.7 Å². The number of nitrogen functional groups attached to an aromatic ring is 1. The van der Waals surface area contributed by atoms with E-state index in [0.717, 1.165) is 28.3 Å². The first-order valence-corrected chi connectivity index (χ1v) is 7.11. The zero-order valence-corrected chi connectivity index (χ0v) is 11.8. The normalized spacial score (nSPS) is 15.1. The summed E-state index contributed by atoms with van der Waals surface area (Å²) in [5.74, 6) is 7.28. The maximum Gasteiger partial charge on any atom is 0.152 e. The number of hydrogen-bond acceptors (Lipinski definition) is 5. The standard InChI is InChI=1S/C13H18N4S/c1-13(2,3)12-15-10(17-14)9-7-5-4-6-8(7)18-11(9)16-12/h4-6,14H2,1-3H3,(H,15,16,17). The van der Waals surface area contributed by atoms with Crippen molar-refractivity contribution in [2.75, 3.05) is 5.43 Å². The molecule has 0 radical (unpaired) electrons. The van der Waals surface area contributed by atoms with Crippen LogP contribution in [0.3, 0.4) is 0 Å². The van der Waals surface area contributed by atoms with E-state index in [1.807, 2.05) is 0 Å². The van der Waals surface area contributed by atoms with E-state index in [9.17, 15) is 0 Å². The van der Waals surface area contributed by atoms with Crippen LogP contribution in [0.1, 0.15) is 43.5 Å². The molecule has 0 unspecified atom stereocenters. The van der Waals surface area contributed by atoms with Crippen molar-refractivity contribution in [1.82, 2.24) is 9.97 Å². The lowest BCUT2D eigenvalue weighted by atomic mass is 9.95. The van der Waals surface area contributed by atoms with E-state index in [1.54, 1.807) is 11.3 Å². The number of nitrogens with two attached hydrogens (primary N) is 1. The van der Waals surface area contributed by atoms with Gasteiger partial charge >= 0.3 is 0 Å². The van der Waals surface area contributed by atoms with Gasteiger partial charge in [0.15, 0.2) is 5.82 Å². The monoisotopic (exact) mass is 262 g/mol. The minimum Gasteiger partial charge on any atom is -0.308 e. The van der Waals surface area contributed by atoms with Gasteiger partial charge in [-0.1, -0.05) is 20.8 Å². The summed E-state index contributed by atoms with van der Waals surface area (Å²) in [5.41, 5.74) is 4.10. The lowest BCUT2D eigenvalue weighted by Crippen LogP contribution is -2.18. The van der Waals surface area contributed by atoms with Gasteiger partial charge in [-0.05, 0) is 24.8 Å². The van der Waals surface area contributed by atoms with Gasteiger partial charge in [0.25, 0.3) is 0 Å². The van der Waals surface area contributed by atoms with E-state index < -0.39 is 0 Å². The van der Waals surface area contributed by atoms with Crippen LogP contribution in [0.4, 0.5) is 5.82 Å². The van der Waals surface area contributed by atoms with Crippen LogP contribution in [0.2, 0.25) is 0 Å². The molecule has 0 bridgehead atoms. The van der Waals surface area contributed by atoms with E-state index in [2.05, 4.69) is 31.2 Å². The molecule has 0 saturated heterocycles. The highest BCUT2D eigenvalue weighted by Gasteiger charge is 2.25. The van der Waals surface area contributed by atoms with Gasteiger partial charge in [-0.15, -0.1) is 11.3 Å². The summed E-state index contributed by atoms with van der Waals surface area (Å²) in [6.07, 6.45) is 3.54. The van der Waals surface area contributed by atoms with Crippen LogP contribution in [-0.2, 0) is 18.3 Å². The molecule has 0 spiro atoms. The number of anilines is 1. The first kappa shape index (κ1) is 11.9. The summed E-state index contributed by atoms with van der Waals surface area (Å²) < 4.78 is 0. The van der Waals surface area contributed by atoms with E-state index >= 15 is 0 Å². The van der Waals surface area contributed by atoms with Crippen molar-refractivity contribution in [3.05, 3.63) is 16.3 Å². The summed E-state index contributed by atoms with van der Waals surface area (Å²) in [6.45, 7) is 6.36. The Kier molecular flexibility index (Phi) is 2.57. The molecule has 3 rings (SSSR count). The van der Waals surface area contributed by atoms with Crippen LogP contribution in [0.5, 0.6) is 0 Å². The highest BCUT2D eigenvalue weighted by atomic mass is 32.1. The predicted octanol–water partition coefficient (Wildman–Crippen LogP) is 2.76. The molecule has 0 amide bonds. The predicted molar refractivity (Wildman–Crippen MR) is 76.0 cm³/mol. The van der Waals surface area contributed by atoms with Crippen molar-refractivity contribution >= 4 is 27.4 Å². The highest BCUT2D eigenvalue weighted by Crippen LogP contribution is 2.40. The zero-order valence-electron chi connectivity index (χ0n) is 11.0. The van der Waals surface area contributed by atoms with Crippen LogP contribution in [0.25, 0.3) is 10.2 Å². The highest BCUT2D eigenvalue weighted by molar-refractivity contribution is 7.19. The second-order valence-corrected chi connectivity index (χ2v) is 6.91. The number of nitrogens with zero attached hydrogens (tertiary/aromatic N) is 2. The van der Waals surface area contributed by atoms with Crippen LogP contribution in [-0.4, -0.2) is 9.97 Å². The molecular weight excluding hydrogens is 244 g/mol. The van der Waals surface area contributed by atoms with Gasteiger partial charge < -0.3 is 5.43 Å². The number of hydrogen-bond donors (Lipinski definition) is 2. The molecule has 0 aromatic carbocycles. The molecular formula is C13H18N4S. The summed E-state index contributed by atoms with van der Waals surface area (Å²) in [7, 11) is 0. The van der Waals surface area contributed by atoms with E-state index in [-0.39, 0.29) is 5.41 Å². The van der Waals surface area contributed by atoms with Crippen LogP contribution < -0.4 is 11.3 Å². The van der Waals surface area contributed by atoms with Crippen molar-refractivity contribution in [3.8, 4) is 0 Å². The molecule has 0 atom stereocenters. The van der Waals surface area contributed by atoms with Crippen molar-refractivity contribution in [2.45, 2.75) is 45.4 Å². The Bertz CT molecular complexity index is 609. The Hall–Kier alpha value is -1.20. The summed E-state index contributed by atoms with van der Waals surface area (Å²) in [6, 6.07) is 0. The minimum atomic E-state index is -0.0613. The van der Waals surface area contributed by atoms with Crippen molar-refractivity contribution in [3.63, 3.8) is 0 Å². The summed E-state index contributed by atoms with van der Waals surface area (Å²) >= 11 is 1.80. The molecule has 5 heteroatoms. The third-order valence-corrected chi connectivity index (χ3v) is 4.56. The Labute approximate surface area is 111 Å². The fourth-order valence-electron chi connectivity index (χ4n) is 2.44. The van der Waals surface area contributed by atoms with E-state index in [0.29, 0.717) is 0 Å². The maximum absolute atomic E-state index is 5.65. The molecule has 1 aliphatic carbocycles. The van der Waals surface area contributed by atoms with Crippen molar-refractivity contribution in [2.24, 2.45) is 5.84 Å². The molecule has 2 heterocycles. The lowest BCUT2D eigenvalue weighted by molar-refractivity contribution is 0.549. The van der Waals surface area contributed by atoms with Crippen LogP contribution in [0.15, 0.2) is 0 Å². The van der Waals surface area contributed by atoms with Crippen LogP contribution in [0, 0.1) is 0 Å². The fraction of sp³-hybridized carbons (Fsp3) is 0.538. The quantitative estimate of drug-likeness (QED) is 0.612. The molecule has 2 aromatic heterocycles. The van der Waals surface area contributed by atoms with Gasteiger partial charge in [0.2, 0.25) is 0 Å². The average Bonchev–Trinajstić information content (AvgIpc) is 2.85. The van der Waals surface area contributed by atoms with E-state index in [1.165, 1.54) is 23.3 Å². The molecule has 18 heavy (non-hydrogen) atoms. The summed E-state index contributed by atoms with van der Waals surface area (Å²) in [5, 5.41) is 1.14. The average molecular weight is 262 g/mol. The molecule has 0 saturated carbocycles. The molecule has 0 fully saturated rings. The molecule has 3 N–H and O–H groups in total. The van der Waals surface area contributed by atoms with Gasteiger partial charge in [-0.25, -0.2) is 15.8 Å². The Morgan fingerprint density at radius 3 is 2.67 bits per heavy atom. The molecule has 4 nitrogen and oxygen atoms in total. The second-order valence-electron chi connectivity index (χ2n) is 5.83. The Morgan fingerprint density at radius 1 is 1.22 bits per heavy atom. The first-order valence-electron chi connectivity index (χ1n) is 6.30. The number of thiophene rings is 1. The number of fused-ring (bicyclic) bond motifs is 3. The maximum atomic E-state index is 5.65. The van der Waals surface area contributed by atoms with Gasteiger partial charge in [-0.2, -0.15) is 0 Å². The lowest BCUT2D eigenvalue weighted by Gasteiger charge is -2.17. The number of nitrogens with one attached hydrogen (secondary N) is 1. The van der Waals surface area contributed by atoms with Crippen LogP contribution >= 0.6 is 11.3 Å². The van der Waals surface area contributed by atoms with Crippen molar-refractivity contribution < 1.29 is 0 Å². The Morgan fingerprint density at radius 2 is 2.00 bits per heavy atom. The van der Waals surface area contributed by atoms with Crippen molar-refractivity contribution in [1.29, 1.82) is 0 Å². The van der Waals surface area contributed by atoms with E-state index in [4.69, 9.17) is 10.8 Å². The van der Waals surface area contributed by atoms with Gasteiger partial charge in [-0.3, -0.25) is 0 Å². The molecule has 0 aliphatic heterocycles. The molecule has 96 valence electrons. The third-order valence-electron chi connectivity index (χ3n) is 3.37. The smallest absolute Gasteiger partial charge is 0.152 e. The summed E-state index contributed by atoms with van der Waals surface area (Å²) in [4.78, 5) is 11.9. The zero-order chi connectivity index (χ0) is 12.9. The topological polar surface area (TPSA) is 63.8 Å².